The number of carbonyl (C=O) groups is 1. The third-order valence-corrected chi connectivity index (χ3v) is 3.20. The van der Waals surface area contributed by atoms with Crippen LogP contribution in [-0.4, -0.2) is 24.3 Å². The quantitative estimate of drug-likeness (QED) is 0.770. The van der Waals surface area contributed by atoms with Crippen LogP contribution in [0.4, 0.5) is 0 Å². The number of aliphatic hydroxyl groups excluding tert-OH is 1. The molecule has 1 aromatic rings. The molecule has 0 radical (unpaired) electrons. The van der Waals surface area contributed by atoms with Crippen LogP contribution < -0.4 is 5.73 Å². The van der Waals surface area contributed by atoms with Gasteiger partial charge in [-0.3, -0.25) is 0 Å². The minimum absolute atomic E-state index is 0.274. The highest BCUT2D eigenvalue weighted by molar-refractivity contribution is 5.91. The lowest BCUT2D eigenvalue weighted by Crippen LogP contribution is -2.29. The van der Waals surface area contributed by atoms with Crippen molar-refractivity contribution in [2.24, 2.45) is 11.7 Å². The van der Waals surface area contributed by atoms with Crippen LogP contribution in [-0.2, 0) is 4.74 Å². The minimum atomic E-state index is -0.583. The van der Waals surface area contributed by atoms with Crippen LogP contribution in [0.2, 0.25) is 0 Å². The SMILES string of the molecule is COC(=O)c1ccccc1[C@H](N)[C@H](O)C1CC1. The molecule has 17 heavy (non-hydrogen) atoms. The highest BCUT2D eigenvalue weighted by Gasteiger charge is 2.35. The lowest BCUT2D eigenvalue weighted by atomic mass is 9.95. The molecule has 2 rings (SSSR count). The van der Waals surface area contributed by atoms with E-state index in [1.54, 1.807) is 24.3 Å². The summed E-state index contributed by atoms with van der Waals surface area (Å²) in [6.45, 7) is 0. The second-order valence-electron chi connectivity index (χ2n) is 4.43. The fourth-order valence-corrected chi connectivity index (χ4v) is 2.00. The smallest absolute Gasteiger partial charge is 0.338 e. The maximum absolute atomic E-state index is 11.6. The molecule has 0 amide bonds. The molecule has 1 saturated carbocycles. The lowest BCUT2D eigenvalue weighted by molar-refractivity contribution is 0.0596. The monoisotopic (exact) mass is 235 g/mol. The summed E-state index contributed by atoms with van der Waals surface area (Å²) in [6.07, 6.45) is 1.44. The van der Waals surface area contributed by atoms with Crippen LogP contribution >= 0.6 is 0 Å². The van der Waals surface area contributed by atoms with E-state index in [1.165, 1.54) is 7.11 Å². The topological polar surface area (TPSA) is 72.5 Å². The summed E-state index contributed by atoms with van der Waals surface area (Å²) in [6, 6.07) is 6.47. The molecule has 2 atom stereocenters. The average Bonchev–Trinajstić information content (AvgIpc) is 3.20. The average molecular weight is 235 g/mol. The Labute approximate surface area is 100 Å². The third kappa shape index (κ3) is 2.48. The predicted octanol–water partition coefficient (Wildman–Crippen LogP) is 1.24. The highest BCUT2D eigenvalue weighted by atomic mass is 16.5. The molecular weight excluding hydrogens is 218 g/mol. The Morgan fingerprint density at radius 3 is 2.71 bits per heavy atom. The summed E-state index contributed by atoms with van der Waals surface area (Å²) in [4.78, 5) is 11.6. The Morgan fingerprint density at radius 1 is 1.47 bits per heavy atom. The first-order chi connectivity index (χ1) is 8.15. The van der Waals surface area contributed by atoms with Gasteiger partial charge in [-0.15, -0.1) is 0 Å². The van der Waals surface area contributed by atoms with Gasteiger partial charge in [0.2, 0.25) is 0 Å². The summed E-state index contributed by atoms with van der Waals surface area (Å²) in [5.74, 6) is -0.144. The molecule has 0 bridgehead atoms. The Balaban J connectivity index is 2.27. The van der Waals surface area contributed by atoms with E-state index in [0.717, 1.165) is 12.8 Å². The summed E-state index contributed by atoms with van der Waals surface area (Å²) in [5, 5.41) is 10.0. The van der Waals surface area contributed by atoms with E-state index in [2.05, 4.69) is 0 Å². The van der Waals surface area contributed by atoms with Crippen molar-refractivity contribution in [1.29, 1.82) is 0 Å². The first kappa shape index (κ1) is 12.1. The van der Waals surface area contributed by atoms with Gasteiger partial charge in [-0.1, -0.05) is 18.2 Å². The van der Waals surface area contributed by atoms with Crippen LogP contribution in [0.5, 0.6) is 0 Å². The van der Waals surface area contributed by atoms with Crippen LogP contribution in [0.1, 0.15) is 34.8 Å². The van der Waals surface area contributed by atoms with Gasteiger partial charge < -0.3 is 15.6 Å². The molecule has 0 unspecified atom stereocenters. The van der Waals surface area contributed by atoms with Gasteiger partial charge in [0.25, 0.3) is 0 Å². The van der Waals surface area contributed by atoms with Gasteiger partial charge in [0, 0.05) is 0 Å². The second-order valence-corrected chi connectivity index (χ2v) is 4.43. The van der Waals surface area contributed by atoms with Gasteiger partial charge in [0.05, 0.1) is 24.8 Å². The molecule has 1 aliphatic carbocycles. The molecule has 0 saturated heterocycles. The third-order valence-electron chi connectivity index (χ3n) is 3.20. The molecule has 0 spiro atoms. The Bertz CT molecular complexity index is 415. The maximum atomic E-state index is 11.6. The normalized spacial score (nSPS) is 18.5. The standard InChI is InChI=1S/C13H17NO3/c1-17-13(16)10-5-3-2-4-9(10)11(14)12(15)8-6-7-8/h2-5,8,11-12,15H,6-7,14H2,1H3/t11-,12+/m0/s1. The van der Waals surface area contributed by atoms with Crippen molar-refractivity contribution >= 4 is 5.97 Å². The maximum Gasteiger partial charge on any atom is 0.338 e. The van der Waals surface area contributed by atoms with Crippen LogP contribution in [0.25, 0.3) is 0 Å². The number of esters is 1. The van der Waals surface area contributed by atoms with E-state index >= 15 is 0 Å². The molecule has 1 aromatic carbocycles. The molecule has 0 heterocycles. The summed E-state index contributed by atoms with van der Waals surface area (Å²) in [5.41, 5.74) is 7.10. The summed E-state index contributed by atoms with van der Waals surface area (Å²) < 4.78 is 4.71. The van der Waals surface area contributed by atoms with E-state index in [0.29, 0.717) is 11.1 Å². The van der Waals surface area contributed by atoms with Gasteiger partial charge in [0.1, 0.15) is 0 Å². The number of rotatable bonds is 4. The Kier molecular flexibility index (Phi) is 3.45. The number of methoxy groups -OCH3 is 1. The van der Waals surface area contributed by atoms with Gasteiger partial charge in [-0.2, -0.15) is 0 Å². The van der Waals surface area contributed by atoms with Gasteiger partial charge >= 0.3 is 5.97 Å². The lowest BCUT2D eigenvalue weighted by Gasteiger charge is -2.20. The number of ether oxygens (including phenoxy) is 1. The van der Waals surface area contributed by atoms with Gasteiger partial charge in [0.15, 0.2) is 0 Å². The van der Waals surface area contributed by atoms with Crippen molar-refractivity contribution in [2.45, 2.75) is 25.0 Å². The number of aliphatic hydroxyl groups is 1. The zero-order valence-electron chi connectivity index (χ0n) is 9.80. The molecule has 4 heteroatoms. The molecule has 92 valence electrons. The van der Waals surface area contributed by atoms with Crippen molar-refractivity contribution in [1.82, 2.24) is 0 Å². The molecule has 3 N–H and O–H groups in total. The van der Waals surface area contributed by atoms with Crippen LogP contribution in [0, 0.1) is 5.92 Å². The molecule has 1 fully saturated rings. The number of hydrogen-bond acceptors (Lipinski definition) is 4. The molecule has 1 aliphatic rings. The van der Waals surface area contributed by atoms with Crippen LogP contribution in [0.3, 0.4) is 0 Å². The zero-order chi connectivity index (χ0) is 12.4. The van der Waals surface area contributed by atoms with Crippen molar-refractivity contribution in [2.75, 3.05) is 7.11 Å². The summed E-state index contributed by atoms with van der Waals surface area (Å²) >= 11 is 0. The summed E-state index contributed by atoms with van der Waals surface area (Å²) in [7, 11) is 1.34. The van der Waals surface area contributed by atoms with Crippen molar-refractivity contribution in [3.8, 4) is 0 Å². The van der Waals surface area contributed by atoms with E-state index in [1.807, 2.05) is 0 Å². The van der Waals surface area contributed by atoms with E-state index in [-0.39, 0.29) is 5.92 Å². The molecule has 0 aromatic heterocycles. The fourth-order valence-electron chi connectivity index (χ4n) is 2.00. The Hall–Kier alpha value is -1.39. The van der Waals surface area contributed by atoms with Crippen molar-refractivity contribution in [3.63, 3.8) is 0 Å². The minimum Gasteiger partial charge on any atom is -0.465 e. The van der Waals surface area contributed by atoms with Crippen LogP contribution in [0.15, 0.2) is 24.3 Å². The first-order valence-corrected chi connectivity index (χ1v) is 5.76. The fraction of sp³-hybridized carbons (Fsp3) is 0.462. The zero-order valence-corrected chi connectivity index (χ0v) is 9.80. The van der Waals surface area contributed by atoms with Crippen molar-refractivity contribution < 1.29 is 14.6 Å². The Morgan fingerprint density at radius 2 is 2.12 bits per heavy atom. The number of nitrogens with two attached hydrogens (primary N) is 1. The highest BCUT2D eigenvalue weighted by Crippen LogP contribution is 2.37. The largest absolute Gasteiger partial charge is 0.465 e. The molecule has 0 aliphatic heterocycles. The first-order valence-electron chi connectivity index (χ1n) is 5.76. The van der Waals surface area contributed by atoms with E-state index < -0.39 is 18.1 Å². The second kappa shape index (κ2) is 4.85. The number of hydrogen-bond donors (Lipinski definition) is 2. The molecular formula is C13H17NO3. The van der Waals surface area contributed by atoms with Crippen molar-refractivity contribution in [3.05, 3.63) is 35.4 Å². The molecule has 4 nitrogen and oxygen atoms in total. The van der Waals surface area contributed by atoms with E-state index in [9.17, 15) is 9.90 Å². The van der Waals surface area contributed by atoms with Gasteiger partial charge in [-0.05, 0) is 30.4 Å². The van der Waals surface area contributed by atoms with E-state index in [4.69, 9.17) is 10.5 Å². The number of benzene rings is 1. The predicted molar refractivity (Wildman–Crippen MR) is 63.4 cm³/mol. The van der Waals surface area contributed by atoms with Gasteiger partial charge in [-0.25, -0.2) is 4.79 Å². The number of carbonyl (C=O) groups excluding carboxylic acids is 1.